The van der Waals surface area contributed by atoms with E-state index >= 15 is 0 Å². The number of esters is 1. The van der Waals surface area contributed by atoms with Gasteiger partial charge in [-0.1, -0.05) is 42.1 Å². The van der Waals surface area contributed by atoms with Crippen LogP contribution in [0.1, 0.15) is 41.1 Å². The Bertz CT molecular complexity index is 1200. The maximum Gasteiger partial charge on any atom is 0.341 e. The third kappa shape index (κ3) is 4.78. The Morgan fingerprint density at radius 1 is 1.28 bits per heavy atom. The van der Waals surface area contributed by atoms with E-state index in [2.05, 4.69) is 15.3 Å². The van der Waals surface area contributed by atoms with Crippen molar-refractivity contribution in [3.05, 3.63) is 62.8 Å². The summed E-state index contributed by atoms with van der Waals surface area (Å²) >= 11 is 2.60. The fraction of sp³-hybridized carbons (Fsp3) is 0.304. The normalized spacial score (nSPS) is 13.4. The molecular weight excluding hydrogens is 446 g/mol. The van der Waals surface area contributed by atoms with Gasteiger partial charge in [0.2, 0.25) is 5.91 Å². The Labute approximate surface area is 193 Å². The van der Waals surface area contributed by atoms with E-state index in [1.165, 1.54) is 17.4 Å². The second kappa shape index (κ2) is 9.70. The van der Waals surface area contributed by atoms with Gasteiger partial charge in [-0.05, 0) is 38.7 Å². The molecule has 0 saturated carbocycles. The van der Waals surface area contributed by atoms with E-state index in [1.54, 1.807) is 13.8 Å². The second-order valence-corrected chi connectivity index (χ2v) is 9.77. The van der Waals surface area contributed by atoms with Gasteiger partial charge in [-0.2, -0.15) is 0 Å². The Hall–Kier alpha value is -2.91. The summed E-state index contributed by atoms with van der Waals surface area (Å²) in [4.78, 5) is 45.9. The number of aryl methyl sites for hydroxylation is 1. The van der Waals surface area contributed by atoms with Crippen LogP contribution < -0.4 is 10.9 Å². The molecule has 2 aromatic heterocycles. The van der Waals surface area contributed by atoms with Gasteiger partial charge in [0.15, 0.2) is 5.16 Å². The average molecular weight is 470 g/mol. The van der Waals surface area contributed by atoms with Crippen LogP contribution >= 0.6 is 23.1 Å². The van der Waals surface area contributed by atoms with Crippen LogP contribution in [0.15, 0.2) is 46.3 Å². The number of aromatic amines is 1. The molecule has 0 aliphatic heterocycles. The zero-order chi connectivity index (χ0) is 22.7. The number of benzene rings is 1. The molecule has 2 heterocycles. The van der Waals surface area contributed by atoms with E-state index in [4.69, 9.17) is 4.74 Å². The zero-order valence-corrected chi connectivity index (χ0v) is 19.4. The van der Waals surface area contributed by atoms with Crippen molar-refractivity contribution in [2.24, 2.45) is 0 Å². The molecule has 1 aromatic carbocycles. The Morgan fingerprint density at radius 2 is 2.06 bits per heavy atom. The van der Waals surface area contributed by atoms with Gasteiger partial charge in [-0.3, -0.25) is 9.59 Å². The molecule has 0 fully saturated rings. The first-order valence-electron chi connectivity index (χ1n) is 10.4. The summed E-state index contributed by atoms with van der Waals surface area (Å²) in [6.07, 6.45) is 2.73. The topological polar surface area (TPSA) is 101 Å². The van der Waals surface area contributed by atoms with Crippen molar-refractivity contribution in [2.45, 2.75) is 43.5 Å². The SMILES string of the molecule is CCOC(=O)c1c(NC(=O)C(C)Sc2nc(-c3ccccc3)cc(=O)[nH]2)sc2c1CCC2. The highest BCUT2D eigenvalue weighted by atomic mass is 32.2. The van der Waals surface area contributed by atoms with Crippen LogP contribution in [0.4, 0.5) is 5.00 Å². The van der Waals surface area contributed by atoms with E-state index in [0.29, 0.717) is 21.4 Å². The summed E-state index contributed by atoms with van der Waals surface area (Å²) in [5.74, 6) is -0.669. The van der Waals surface area contributed by atoms with Gasteiger partial charge in [0.05, 0.1) is 23.1 Å². The highest BCUT2D eigenvalue weighted by molar-refractivity contribution is 8.00. The van der Waals surface area contributed by atoms with Gasteiger partial charge in [0, 0.05) is 16.5 Å². The van der Waals surface area contributed by atoms with Crippen molar-refractivity contribution in [3.63, 3.8) is 0 Å². The first-order chi connectivity index (χ1) is 15.5. The number of aromatic nitrogens is 2. The molecule has 2 N–H and O–H groups in total. The summed E-state index contributed by atoms with van der Waals surface area (Å²) in [6.45, 7) is 3.78. The van der Waals surface area contributed by atoms with Crippen molar-refractivity contribution in [3.8, 4) is 11.3 Å². The quantitative estimate of drug-likeness (QED) is 0.304. The minimum Gasteiger partial charge on any atom is -0.462 e. The number of ether oxygens (including phenoxy) is 1. The van der Waals surface area contributed by atoms with E-state index < -0.39 is 11.2 Å². The van der Waals surface area contributed by atoms with Crippen LogP contribution in [0.3, 0.4) is 0 Å². The smallest absolute Gasteiger partial charge is 0.341 e. The lowest BCUT2D eigenvalue weighted by Crippen LogP contribution is -2.24. The molecule has 9 heteroatoms. The van der Waals surface area contributed by atoms with Gasteiger partial charge in [0.25, 0.3) is 5.56 Å². The van der Waals surface area contributed by atoms with Crippen molar-refractivity contribution >= 4 is 40.0 Å². The summed E-state index contributed by atoms with van der Waals surface area (Å²) in [6, 6.07) is 10.8. The maximum atomic E-state index is 12.9. The molecule has 4 rings (SSSR count). The van der Waals surface area contributed by atoms with E-state index in [0.717, 1.165) is 47.0 Å². The van der Waals surface area contributed by atoms with Gasteiger partial charge in [0.1, 0.15) is 5.00 Å². The number of nitrogens with zero attached hydrogens (tertiary/aromatic N) is 1. The van der Waals surface area contributed by atoms with Gasteiger partial charge in [-0.25, -0.2) is 9.78 Å². The highest BCUT2D eigenvalue weighted by Crippen LogP contribution is 2.40. The summed E-state index contributed by atoms with van der Waals surface area (Å²) in [7, 11) is 0. The van der Waals surface area contributed by atoms with Crippen molar-refractivity contribution in [1.82, 2.24) is 9.97 Å². The third-order valence-electron chi connectivity index (χ3n) is 5.08. The molecular formula is C23H23N3O4S2. The molecule has 0 bridgehead atoms. The number of anilines is 1. The first kappa shape index (κ1) is 22.3. The van der Waals surface area contributed by atoms with Crippen LogP contribution in [0.25, 0.3) is 11.3 Å². The average Bonchev–Trinajstić information content (AvgIpc) is 3.34. The number of nitrogens with one attached hydrogen (secondary N) is 2. The van der Waals surface area contributed by atoms with Gasteiger partial charge >= 0.3 is 5.97 Å². The second-order valence-electron chi connectivity index (χ2n) is 7.33. The van der Waals surface area contributed by atoms with E-state index in [-0.39, 0.29) is 18.1 Å². The molecule has 1 atom stereocenters. The number of hydrogen-bond donors (Lipinski definition) is 2. The number of amides is 1. The molecule has 1 unspecified atom stereocenters. The van der Waals surface area contributed by atoms with Crippen LogP contribution in [-0.2, 0) is 22.4 Å². The maximum absolute atomic E-state index is 12.9. The Balaban J connectivity index is 1.52. The predicted molar refractivity (Wildman–Crippen MR) is 127 cm³/mol. The lowest BCUT2D eigenvalue weighted by Gasteiger charge is -2.12. The number of carbonyl (C=O) groups excluding carboxylic acids is 2. The van der Waals surface area contributed by atoms with Crippen molar-refractivity contribution < 1.29 is 14.3 Å². The zero-order valence-electron chi connectivity index (χ0n) is 17.8. The molecule has 0 spiro atoms. The monoisotopic (exact) mass is 469 g/mol. The van der Waals surface area contributed by atoms with Crippen LogP contribution in [0, 0.1) is 0 Å². The lowest BCUT2D eigenvalue weighted by molar-refractivity contribution is -0.115. The number of H-pyrrole nitrogens is 1. The highest BCUT2D eigenvalue weighted by Gasteiger charge is 2.29. The van der Waals surface area contributed by atoms with E-state index in [1.807, 2.05) is 30.3 Å². The molecule has 1 aliphatic rings. The molecule has 3 aromatic rings. The minimum absolute atomic E-state index is 0.270. The largest absolute Gasteiger partial charge is 0.462 e. The van der Waals surface area contributed by atoms with Crippen LogP contribution in [0.2, 0.25) is 0 Å². The molecule has 166 valence electrons. The minimum atomic E-state index is -0.545. The van der Waals surface area contributed by atoms with E-state index in [9.17, 15) is 14.4 Å². The summed E-state index contributed by atoms with van der Waals surface area (Å²) < 4.78 is 5.22. The first-order valence-corrected chi connectivity index (χ1v) is 12.1. The number of hydrogen-bond acceptors (Lipinski definition) is 7. The molecule has 0 saturated heterocycles. The van der Waals surface area contributed by atoms with Gasteiger partial charge < -0.3 is 15.0 Å². The summed E-state index contributed by atoms with van der Waals surface area (Å²) in [5.41, 5.74) is 2.56. The molecule has 0 radical (unpaired) electrons. The number of thiophene rings is 1. The Morgan fingerprint density at radius 3 is 2.81 bits per heavy atom. The number of rotatable bonds is 7. The summed E-state index contributed by atoms with van der Waals surface area (Å²) in [5, 5.41) is 3.25. The molecule has 32 heavy (non-hydrogen) atoms. The van der Waals surface area contributed by atoms with Crippen LogP contribution in [0.5, 0.6) is 0 Å². The van der Waals surface area contributed by atoms with Crippen LogP contribution in [-0.4, -0.2) is 33.7 Å². The standard InChI is InChI=1S/C23H23N3O4S2/c1-3-30-22(29)19-15-10-7-11-17(15)32-21(19)26-20(28)13(2)31-23-24-16(12-18(27)25-23)14-8-5-4-6-9-14/h4-6,8-9,12-13H,3,7,10-11H2,1-2H3,(H,26,28)(H,24,25,27). The fourth-order valence-corrected chi connectivity index (χ4v) is 5.69. The third-order valence-corrected chi connectivity index (χ3v) is 7.28. The molecule has 1 aliphatic carbocycles. The van der Waals surface area contributed by atoms with Crippen molar-refractivity contribution in [2.75, 3.05) is 11.9 Å². The number of carbonyl (C=O) groups is 2. The number of thioether (sulfide) groups is 1. The molecule has 7 nitrogen and oxygen atoms in total. The fourth-order valence-electron chi connectivity index (χ4n) is 3.59. The van der Waals surface area contributed by atoms with Gasteiger partial charge in [-0.15, -0.1) is 11.3 Å². The lowest BCUT2D eigenvalue weighted by atomic mass is 10.1. The number of fused-ring (bicyclic) bond motifs is 1. The predicted octanol–water partition coefficient (Wildman–Crippen LogP) is 4.28. The molecule has 1 amide bonds. The van der Waals surface area contributed by atoms with Crippen molar-refractivity contribution in [1.29, 1.82) is 0 Å². The Kier molecular flexibility index (Phi) is 6.76.